The van der Waals surface area contributed by atoms with Gasteiger partial charge in [0.2, 0.25) is 5.91 Å². The highest BCUT2D eigenvalue weighted by Gasteiger charge is 2.49. The van der Waals surface area contributed by atoms with Crippen LogP contribution < -0.4 is 15.0 Å². The van der Waals surface area contributed by atoms with Crippen LogP contribution in [0, 0.1) is 6.92 Å². The molecule has 1 aliphatic rings. The lowest BCUT2D eigenvalue weighted by atomic mass is 9.93. The SMILES string of the molecule is COc1ccc(-c2cc3n(n2)CC(C)(C(=O)NCc2ccccc2)N(c2ccc(C)c(Cl)c2)C3=O)cc1. The van der Waals surface area contributed by atoms with Crippen LogP contribution in [0.4, 0.5) is 5.69 Å². The Bertz CT molecular complexity index is 1470. The van der Waals surface area contributed by atoms with Gasteiger partial charge < -0.3 is 10.1 Å². The number of amides is 2. The van der Waals surface area contributed by atoms with E-state index in [-0.39, 0.29) is 18.4 Å². The molecule has 1 unspecified atom stereocenters. The van der Waals surface area contributed by atoms with Crippen LogP contribution in [0.3, 0.4) is 0 Å². The first-order valence-corrected chi connectivity index (χ1v) is 12.3. The lowest BCUT2D eigenvalue weighted by Gasteiger charge is -2.43. The van der Waals surface area contributed by atoms with Gasteiger partial charge >= 0.3 is 0 Å². The first kappa shape index (κ1) is 24.6. The van der Waals surface area contributed by atoms with Gasteiger partial charge in [0.1, 0.15) is 17.0 Å². The van der Waals surface area contributed by atoms with Crippen molar-refractivity contribution in [2.24, 2.45) is 0 Å². The molecule has 188 valence electrons. The van der Waals surface area contributed by atoms with Gasteiger partial charge in [-0.15, -0.1) is 0 Å². The van der Waals surface area contributed by atoms with E-state index in [4.69, 9.17) is 21.4 Å². The van der Waals surface area contributed by atoms with Crippen molar-refractivity contribution in [3.63, 3.8) is 0 Å². The summed E-state index contributed by atoms with van der Waals surface area (Å²) in [5, 5.41) is 8.25. The number of rotatable bonds is 6. The van der Waals surface area contributed by atoms with E-state index in [1.807, 2.05) is 73.7 Å². The number of nitrogens with zero attached hydrogens (tertiary/aromatic N) is 3. The smallest absolute Gasteiger partial charge is 0.277 e. The predicted molar refractivity (Wildman–Crippen MR) is 144 cm³/mol. The van der Waals surface area contributed by atoms with E-state index in [1.54, 1.807) is 30.8 Å². The van der Waals surface area contributed by atoms with Gasteiger partial charge in [-0.25, -0.2) is 0 Å². The molecule has 37 heavy (non-hydrogen) atoms. The summed E-state index contributed by atoms with van der Waals surface area (Å²) >= 11 is 6.44. The lowest BCUT2D eigenvalue weighted by Crippen LogP contribution is -2.64. The fourth-order valence-electron chi connectivity index (χ4n) is 4.58. The van der Waals surface area contributed by atoms with Crippen molar-refractivity contribution in [1.29, 1.82) is 0 Å². The normalized spacial score (nSPS) is 16.9. The van der Waals surface area contributed by atoms with Crippen LogP contribution in [-0.2, 0) is 17.9 Å². The number of hydrogen-bond acceptors (Lipinski definition) is 4. The number of ether oxygens (including phenoxy) is 1. The minimum Gasteiger partial charge on any atom is -0.497 e. The number of methoxy groups -OCH3 is 1. The Morgan fingerprint density at radius 1 is 1.08 bits per heavy atom. The summed E-state index contributed by atoms with van der Waals surface area (Å²) in [5.74, 6) is 0.123. The maximum absolute atomic E-state index is 14.0. The second-order valence-electron chi connectivity index (χ2n) is 9.32. The molecule has 0 saturated heterocycles. The van der Waals surface area contributed by atoms with Crippen LogP contribution in [0.1, 0.15) is 28.5 Å². The molecule has 0 bridgehead atoms. The van der Waals surface area contributed by atoms with Crippen LogP contribution in [-0.4, -0.2) is 34.2 Å². The van der Waals surface area contributed by atoms with Crippen LogP contribution in [0.15, 0.2) is 78.9 Å². The van der Waals surface area contributed by atoms with Crippen LogP contribution in [0.25, 0.3) is 11.3 Å². The summed E-state index contributed by atoms with van der Waals surface area (Å²) in [6.07, 6.45) is 0. The van der Waals surface area contributed by atoms with Gasteiger partial charge in [0.25, 0.3) is 5.91 Å². The number of aromatic nitrogens is 2. The van der Waals surface area contributed by atoms with Crippen molar-refractivity contribution in [2.75, 3.05) is 12.0 Å². The van der Waals surface area contributed by atoms with E-state index in [0.717, 1.165) is 22.4 Å². The number of anilines is 1. The van der Waals surface area contributed by atoms with Gasteiger partial charge in [0.05, 0.1) is 19.3 Å². The summed E-state index contributed by atoms with van der Waals surface area (Å²) in [5.41, 5.74) is 3.04. The zero-order valence-corrected chi connectivity index (χ0v) is 21.6. The molecule has 0 radical (unpaired) electrons. The molecule has 1 aliphatic heterocycles. The van der Waals surface area contributed by atoms with E-state index in [1.165, 1.54) is 4.90 Å². The first-order valence-electron chi connectivity index (χ1n) is 12.0. The summed E-state index contributed by atoms with van der Waals surface area (Å²) in [6, 6.07) is 24.3. The molecule has 0 spiro atoms. The first-order chi connectivity index (χ1) is 17.8. The number of aryl methyl sites for hydroxylation is 1. The van der Waals surface area contributed by atoms with Crippen molar-refractivity contribution in [2.45, 2.75) is 32.5 Å². The largest absolute Gasteiger partial charge is 0.497 e. The van der Waals surface area contributed by atoms with Crippen LogP contribution in [0.5, 0.6) is 5.75 Å². The molecule has 0 aliphatic carbocycles. The lowest BCUT2D eigenvalue weighted by molar-refractivity contribution is -0.126. The Kier molecular flexibility index (Phi) is 6.48. The Morgan fingerprint density at radius 2 is 1.81 bits per heavy atom. The topological polar surface area (TPSA) is 76.5 Å². The molecule has 4 aromatic rings. The fraction of sp³-hybridized carbons (Fsp3) is 0.207. The van der Waals surface area contributed by atoms with Crippen molar-refractivity contribution in [3.8, 4) is 17.0 Å². The Balaban J connectivity index is 1.55. The average Bonchev–Trinajstić information content (AvgIpc) is 3.34. The van der Waals surface area contributed by atoms with E-state index >= 15 is 0 Å². The van der Waals surface area contributed by atoms with Crippen LogP contribution in [0.2, 0.25) is 5.02 Å². The molecule has 8 heteroatoms. The zero-order chi connectivity index (χ0) is 26.2. The molecular weight excluding hydrogens is 488 g/mol. The maximum atomic E-state index is 14.0. The molecule has 1 N–H and O–H groups in total. The van der Waals surface area contributed by atoms with Gasteiger partial charge in [-0.1, -0.05) is 48.0 Å². The number of halogens is 1. The number of hydrogen-bond donors (Lipinski definition) is 1. The fourth-order valence-corrected chi connectivity index (χ4v) is 4.75. The molecule has 2 amide bonds. The third-order valence-electron chi connectivity index (χ3n) is 6.74. The monoisotopic (exact) mass is 514 g/mol. The molecule has 2 heterocycles. The highest BCUT2D eigenvalue weighted by Crippen LogP contribution is 2.36. The Labute approximate surface area is 220 Å². The van der Waals surface area contributed by atoms with E-state index < -0.39 is 5.54 Å². The minimum atomic E-state index is -1.25. The highest BCUT2D eigenvalue weighted by atomic mass is 35.5. The standard InChI is InChI=1S/C29H27ClN4O3/c1-19-9-12-22(15-24(19)30)34-27(35)26-16-25(21-10-13-23(37-3)14-11-21)32-33(26)18-29(34,2)28(36)31-17-20-7-5-4-6-8-20/h4-16H,17-18H2,1-3H3,(H,31,36). The third kappa shape index (κ3) is 4.58. The van der Waals surface area contributed by atoms with E-state index in [2.05, 4.69) is 5.32 Å². The number of fused-ring (bicyclic) bond motifs is 1. The summed E-state index contributed by atoms with van der Waals surface area (Å²) in [7, 11) is 1.61. The second-order valence-corrected chi connectivity index (χ2v) is 9.72. The van der Waals surface area contributed by atoms with Crippen molar-refractivity contribution < 1.29 is 14.3 Å². The summed E-state index contributed by atoms with van der Waals surface area (Å²) in [6.45, 7) is 4.17. The number of carbonyl (C=O) groups is 2. The van der Waals surface area contributed by atoms with Crippen LogP contribution >= 0.6 is 11.6 Å². The van der Waals surface area contributed by atoms with Gasteiger partial charge in [-0.2, -0.15) is 5.10 Å². The Morgan fingerprint density at radius 3 is 2.49 bits per heavy atom. The zero-order valence-electron chi connectivity index (χ0n) is 20.9. The molecule has 0 fully saturated rings. The van der Waals surface area contributed by atoms with Gasteiger partial charge in [-0.3, -0.25) is 19.2 Å². The number of nitrogens with one attached hydrogen (secondary N) is 1. The maximum Gasteiger partial charge on any atom is 0.277 e. The molecule has 3 aromatic carbocycles. The molecule has 1 atom stereocenters. The summed E-state index contributed by atoms with van der Waals surface area (Å²) < 4.78 is 6.87. The quantitative estimate of drug-likeness (QED) is 0.381. The molecule has 5 rings (SSSR count). The average molecular weight is 515 g/mol. The minimum absolute atomic E-state index is 0.177. The van der Waals surface area contributed by atoms with Gasteiger partial charge in [-0.05, 0) is 67.4 Å². The number of carbonyl (C=O) groups excluding carboxylic acids is 2. The van der Waals surface area contributed by atoms with Crippen molar-refractivity contribution in [1.82, 2.24) is 15.1 Å². The van der Waals surface area contributed by atoms with E-state index in [0.29, 0.717) is 28.6 Å². The second kappa shape index (κ2) is 9.75. The van der Waals surface area contributed by atoms with Crippen molar-refractivity contribution in [3.05, 3.63) is 101 Å². The molecular formula is C29H27ClN4O3. The summed E-state index contributed by atoms with van der Waals surface area (Å²) in [4.78, 5) is 29.2. The predicted octanol–water partition coefficient (Wildman–Crippen LogP) is 5.26. The van der Waals surface area contributed by atoms with Gasteiger partial charge in [0, 0.05) is 22.8 Å². The third-order valence-corrected chi connectivity index (χ3v) is 7.15. The molecule has 0 saturated carbocycles. The molecule has 1 aromatic heterocycles. The number of benzene rings is 3. The van der Waals surface area contributed by atoms with E-state index in [9.17, 15) is 9.59 Å². The highest BCUT2D eigenvalue weighted by molar-refractivity contribution is 6.31. The Hall–Kier alpha value is -4.10. The van der Waals surface area contributed by atoms with Crippen molar-refractivity contribution >= 4 is 29.1 Å². The van der Waals surface area contributed by atoms with Gasteiger partial charge in [0.15, 0.2) is 0 Å². The molecule has 7 nitrogen and oxygen atoms in total.